The number of carbonyl (C=O) groups excluding carboxylic acids is 1. The lowest BCUT2D eigenvalue weighted by Crippen LogP contribution is -2.36. The lowest BCUT2D eigenvalue weighted by atomic mass is 10.2. The molecule has 1 saturated heterocycles. The summed E-state index contributed by atoms with van der Waals surface area (Å²) in [6.45, 7) is 1.92. The highest BCUT2D eigenvalue weighted by Crippen LogP contribution is 2.22. The third-order valence-corrected chi connectivity index (χ3v) is 3.65. The zero-order valence-electron chi connectivity index (χ0n) is 9.54. The van der Waals surface area contributed by atoms with E-state index >= 15 is 0 Å². The first-order valence-electron chi connectivity index (χ1n) is 5.50. The predicted octanol–water partition coefficient (Wildman–Crippen LogP) is 2.43. The number of likely N-dealkylation sites (N-methyl/N-ethyl adjacent to an activating group) is 1. The first-order valence-corrected chi connectivity index (χ1v) is 6.26. The molecule has 3 nitrogen and oxygen atoms in total. The number of carbonyl (C=O) groups is 1. The Morgan fingerprint density at radius 2 is 2.18 bits per heavy atom. The highest BCUT2D eigenvalue weighted by atomic mass is 35.5. The Labute approximate surface area is 111 Å². The van der Waals surface area contributed by atoms with Gasteiger partial charge in [-0.15, -0.1) is 0 Å². The van der Waals surface area contributed by atoms with Gasteiger partial charge in [0.05, 0.1) is 10.0 Å². The van der Waals surface area contributed by atoms with Crippen molar-refractivity contribution in [1.29, 1.82) is 0 Å². The summed E-state index contributed by atoms with van der Waals surface area (Å²) >= 11 is 11.7. The number of likely N-dealkylation sites (tertiary alicyclic amines) is 1. The summed E-state index contributed by atoms with van der Waals surface area (Å²) in [6, 6.07) is 5.14. The minimum Gasteiger partial charge on any atom is -0.348 e. The quantitative estimate of drug-likeness (QED) is 0.897. The Balaban J connectivity index is 2.02. The van der Waals surface area contributed by atoms with Gasteiger partial charge in [-0.05, 0) is 38.2 Å². The van der Waals surface area contributed by atoms with E-state index in [2.05, 4.69) is 10.2 Å². The number of halogens is 2. The first kappa shape index (κ1) is 12.7. The Kier molecular flexibility index (Phi) is 3.92. The molecular weight excluding hydrogens is 259 g/mol. The van der Waals surface area contributed by atoms with Crippen LogP contribution in [0.2, 0.25) is 10.0 Å². The van der Waals surface area contributed by atoms with E-state index in [4.69, 9.17) is 23.2 Å². The summed E-state index contributed by atoms with van der Waals surface area (Å²) in [5, 5.41) is 3.86. The van der Waals surface area contributed by atoms with E-state index in [1.54, 1.807) is 18.2 Å². The van der Waals surface area contributed by atoms with Gasteiger partial charge in [-0.25, -0.2) is 0 Å². The second-order valence-electron chi connectivity index (χ2n) is 4.35. The van der Waals surface area contributed by atoms with Crippen LogP contribution in [0.25, 0.3) is 0 Å². The van der Waals surface area contributed by atoms with E-state index in [9.17, 15) is 4.79 Å². The van der Waals surface area contributed by atoms with Crippen LogP contribution in [0.1, 0.15) is 16.8 Å². The van der Waals surface area contributed by atoms with Gasteiger partial charge < -0.3 is 10.2 Å². The molecular formula is C12H14Cl2N2O. The number of hydrogen-bond acceptors (Lipinski definition) is 2. The molecule has 1 unspecified atom stereocenters. The van der Waals surface area contributed by atoms with Gasteiger partial charge >= 0.3 is 0 Å². The van der Waals surface area contributed by atoms with Crippen molar-refractivity contribution in [2.24, 2.45) is 0 Å². The molecule has 0 aliphatic carbocycles. The van der Waals surface area contributed by atoms with Crippen molar-refractivity contribution in [2.45, 2.75) is 12.5 Å². The number of rotatable bonds is 2. The maximum absolute atomic E-state index is 11.9. The number of hydrogen-bond donors (Lipinski definition) is 1. The molecule has 1 aliphatic heterocycles. The van der Waals surface area contributed by atoms with Crippen molar-refractivity contribution < 1.29 is 4.79 Å². The van der Waals surface area contributed by atoms with Gasteiger partial charge in [0.1, 0.15) is 0 Å². The molecule has 1 aromatic carbocycles. The Morgan fingerprint density at radius 3 is 2.76 bits per heavy atom. The minimum absolute atomic E-state index is 0.0936. The van der Waals surface area contributed by atoms with Crippen molar-refractivity contribution in [1.82, 2.24) is 10.2 Å². The summed E-state index contributed by atoms with van der Waals surface area (Å²) in [4.78, 5) is 14.1. The fraction of sp³-hybridized carbons (Fsp3) is 0.417. The molecule has 0 aromatic heterocycles. The fourth-order valence-corrected chi connectivity index (χ4v) is 2.26. The average Bonchev–Trinajstić information content (AvgIpc) is 2.68. The topological polar surface area (TPSA) is 32.3 Å². The van der Waals surface area contributed by atoms with Crippen LogP contribution in [-0.4, -0.2) is 37.0 Å². The summed E-state index contributed by atoms with van der Waals surface area (Å²) < 4.78 is 0. The zero-order valence-corrected chi connectivity index (χ0v) is 11.1. The third-order valence-electron chi connectivity index (χ3n) is 2.91. The zero-order chi connectivity index (χ0) is 12.4. The van der Waals surface area contributed by atoms with E-state index in [-0.39, 0.29) is 11.9 Å². The molecule has 92 valence electrons. The van der Waals surface area contributed by atoms with Crippen LogP contribution >= 0.6 is 23.2 Å². The molecule has 2 rings (SSSR count). The van der Waals surface area contributed by atoms with E-state index in [0.717, 1.165) is 19.5 Å². The van der Waals surface area contributed by atoms with Crippen LogP contribution in [0.4, 0.5) is 0 Å². The Hall–Kier alpha value is -0.770. The van der Waals surface area contributed by atoms with Gasteiger partial charge in [-0.1, -0.05) is 23.2 Å². The maximum Gasteiger partial charge on any atom is 0.251 e. The number of amides is 1. The van der Waals surface area contributed by atoms with Crippen molar-refractivity contribution in [3.05, 3.63) is 33.8 Å². The van der Waals surface area contributed by atoms with Crippen LogP contribution in [0.3, 0.4) is 0 Å². The van der Waals surface area contributed by atoms with Gasteiger partial charge in [-0.3, -0.25) is 4.79 Å². The lowest BCUT2D eigenvalue weighted by molar-refractivity contribution is 0.0938. The SMILES string of the molecule is CN1CCC(NC(=O)c2ccc(Cl)c(Cl)c2)C1. The van der Waals surface area contributed by atoms with E-state index in [1.807, 2.05) is 7.05 Å². The number of benzene rings is 1. The maximum atomic E-state index is 11.9. The molecule has 0 radical (unpaired) electrons. The highest BCUT2D eigenvalue weighted by Gasteiger charge is 2.21. The largest absolute Gasteiger partial charge is 0.348 e. The van der Waals surface area contributed by atoms with Crippen LogP contribution in [0.5, 0.6) is 0 Å². The molecule has 17 heavy (non-hydrogen) atoms. The minimum atomic E-state index is -0.0936. The monoisotopic (exact) mass is 272 g/mol. The Morgan fingerprint density at radius 1 is 1.41 bits per heavy atom. The lowest BCUT2D eigenvalue weighted by Gasteiger charge is -2.13. The smallest absolute Gasteiger partial charge is 0.251 e. The van der Waals surface area contributed by atoms with Gasteiger partial charge in [0.2, 0.25) is 0 Å². The van der Waals surface area contributed by atoms with Crippen molar-refractivity contribution in [3.63, 3.8) is 0 Å². The summed E-state index contributed by atoms with van der Waals surface area (Å²) in [5.74, 6) is -0.0936. The van der Waals surface area contributed by atoms with Gasteiger partial charge in [0.25, 0.3) is 5.91 Å². The van der Waals surface area contributed by atoms with Crippen LogP contribution in [0, 0.1) is 0 Å². The van der Waals surface area contributed by atoms with Crippen molar-refractivity contribution in [3.8, 4) is 0 Å². The molecule has 1 N–H and O–H groups in total. The summed E-state index contributed by atoms with van der Waals surface area (Å²) in [6.07, 6.45) is 0.990. The van der Waals surface area contributed by atoms with E-state index in [1.165, 1.54) is 0 Å². The second-order valence-corrected chi connectivity index (χ2v) is 5.16. The van der Waals surface area contributed by atoms with Gasteiger partial charge in [0.15, 0.2) is 0 Å². The summed E-state index contributed by atoms with van der Waals surface area (Å²) in [5.41, 5.74) is 0.550. The molecule has 1 atom stereocenters. The van der Waals surface area contributed by atoms with Gasteiger partial charge in [0, 0.05) is 18.2 Å². The molecule has 0 saturated carbocycles. The fourth-order valence-electron chi connectivity index (χ4n) is 1.96. The molecule has 0 spiro atoms. The molecule has 1 fully saturated rings. The average molecular weight is 273 g/mol. The molecule has 1 aliphatic rings. The van der Waals surface area contributed by atoms with Crippen molar-refractivity contribution in [2.75, 3.05) is 20.1 Å². The molecule has 1 heterocycles. The Bertz CT molecular complexity index is 437. The predicted molar refractivity (Wildman–Crippen MR) is 69.8 cm³/mol. The van der Waals surface area contributed by atoms with Gasteiger partial charge in [-0.2, -0.15) is 0 Å². The third kappa shape index (κ3) is 3.12. The number of nitrogens with one attached hydrogen (secondary N) is 1. The molecule has 1 amide bonds. The number of nitrogens with zero attached hydrogens (tertiary/aromatic N) is 1. The van der Waals surface area contributed by atoms with Crippen LogP contribution < -0.4 is 5.32 Å². The second kappa shape index (κ2) is 5.25. The standard InChI is InChI=1S/C12H14Cl2N2O/c1-16-5-4-9(7-16)15-12(17)8-2-3-10(13)11(14)6-8/h2-3,6,9H,4-5,7H2,1H3,(H,15,17). The summed E-state index contributed by atoms with van der Waals surface area (Å²) in [7, 11) is 2.05. The van der Waals surface area contributed by atoms with Crippen molar-refractivity contribution >= 4 is 29.1 Å². The van der Waals surface area contributed by atoms with Crippen LogP contribution in [-0.2, 0) is 0 Å². The van der Waals surface area contributed by atoms with E-state index in [0.29, 0.717) is 15.6 Å². The first-order chi connectivity index (χ1) is 8.06. The molecule has 1 aromatic rings. The molecule has 5 heteroatoms. The normalized spacial score (nSPS) is 20.5. The highest BCUT2D eigenvalue weighted by molar-refractivity contribution is 6.42. The molecule has 0 bridgehead atoms. The van der Waals surface area contributed by atoms with E-state index < -0.39 is 0 Å². The van der Waals surface area contributed by atoms with Crippen LogP contribution in [0.15, 0.2) is 18.2 Å².